The summed E-state index contributed by atoms with van der Waals surface area (Å²) >= 11 is 4.97. The van der Waals surface area contributed by atoms with Crippen molar-refractivity contribution in [3.05, 3.63) is 62.9 Å². The highest BCUT2D eigenvalue weighted by atomic mass is 79.9. The molecule has 1 saturated heterocycles. The number of carbonyl (C=O) groups is 2. The molecule has 31 heavy (non-hydrogen) atoms. The molecular weight excluding hydrogens is 476 g/mol. The molecule has 6 nitrogen and oxygen atoms in total. The van der Waals surface area contributed by atoms with Crippen LogP contribution in [0.25, 0.3) is 17.0 Å². The Morgan fingerprint density at radius 1 is 1.32 bits per heavy atom. The van der Waals surface area contributed by atoms with Gasteiger partial charge in [-0.15, -0.1) is 11.3 Å². The number of hydrogen-bond acceptors (Lipinski definition) is 5. The molecule has 4 rings (SSSR count). The molecule has 1 aromatic carbocycles. The Morgan fingerprint density at radius 2 is 2.16 bits per heavy atom. The summed E-state index contributed by atoms with van der Waals surface area (Å²) in [5.74, 6) is -0.148. The van der Waals surface area contributed by atoms with Crippen molar-refractivity contribution < 1.29 is 9.59 Å². The lowest BCUT2D eigenvalue weighted by molar-refractivity contribution is -0.149. The molecule has 2 amide bonds. The highest BCUT2D eigenvalue weighted by molar-refractivity contribution is 9.10. The largest absolute Gasteiger partial charge is 0.398 e. The van der Waals surface area contributed by atoms with E-state index in [4.69, 9.17) is 5.73 Å². The fraction of sp³-hybridized carbons (Fsp3) is 0.261. The molecule has 0 saturated carbocycles. The zero-order valence-corrected chi connectivity index (χ0v) is 19.5. The molecule has 3 heterocycles. The summed E-state index contributed by atoms with van der Waals surface area (Å²) in [4.78, 5) is 34.8. The second-order valence-corrected chi connectivity index (χ2v) is 9.33. The Bertz CT molecular complexity index is 1160. The van der Waals surface area contributed by atoms with Crippen LogP contribution >= 0.6 is 27.3 Å². The van der Waals surface area contributed by atoms with E-state index in [1.54, 1.807) is 40.7 Å². The van der Waals surface area contributed by atoms with Gasteiger partial charge in [0.25, 0.3) is 0 Å². The Balaban J connectivity index is 1.46. The lowest BCUT2D eigenvalue weighted by Crippen LogP contribution is -2.57. The zero-order chi connectivity index (χ0) is 22.0. The van der Waals surface area contributed by atoms with Gasteiger partial charge in [0.2, 0.25) is 11.8 Å². The first-order valence-electron chi connectivity index (χ1n) is 10.1. The van der Waals surface area contributed by atoms with Gasteiger partial charge in [-0.05, 0) is 52.2 Å². The number of anilines is 1. The SMILES string of the molecule is CC[C@H]1C(=O)N(Cc2ccc3c(N)ccnc3c2)CCN1C(=O)C=Cc1cc(Br)cs1. The minimum Gasteiger partial charge on any atom is -0.398 e. The van der Waals surface area contributed by atoms with Gasteiger partial charge in [-0.1, -0.05) is 19.1 Å². The molecule has 0 radical (unpaired) electrons. The number of carbonyl (C=O) groups excluding carboxylic acids is 2. The summed E-state index contributed by atoms with van der Waals surface area (Å²) < 4.78 is 0.992. The third kappa shape index (κ3) is 4.65. The van der Waals surface area contributed by atoms with Crippen LogP contribution in [0.15, 0.2) is 52.5 Å². The number of nitrogen functional groups attached to an aromatic ring is 1. The normalized spacial score (nSPS) is 17.1. The van der Waals surface area contributed by atoms with Crippen LogP contribution in [0.3, 0.4) is 0 Å². The highest BCUT2D eigenvalue weighted by Crippen LogP contribution is 2.24. The van der Waals surface area contributed by atoms with Gasteiger partial charge in [-0.2, -0.15) is 0 Å². The van der Waals surface area contributed by atoms with Crippen molar-refractivity contribution in [2.45, 2.75) is 25.9 Å². The van der Waals surface area contributed by atoms with Crippen molar-refractivity contribution in [2.24, 2.45) is 0 Å². The van der Waals surface area contributed by atoms with Crippen molar-refractivity contribution in [3.8, 4) is 0 Å². The number of nitrogens with two attached hydrogens (primary N) is 1. The van der Waals surface area contributed by atoms with Crippen molar-refractivity contribution in [1.82, 2.24) is 14.8 Å². The van der Waals surface area contributed by atoms with Crippen LogP contribution in [-0.2, 0) is 16.1 Å². The van der Waals surface area contributed by atoms with Gasteiger partial charge >= 0.3 is 0 Å². The lowest BCUT2D eigenvalue weighted by Gasteiger charge is -2.40. The Kier molecular flexibility index (Phi) is 6.38. The smallest absolute Gasteiger partial charge is 0.247 e. The average Bonchev–Trinajstić information content (AvgIpc) is 3.18. The van der Waals surface area contributed by atoms with Gasteiger partial charge < -0.3 is 15.5 Å². The third-order valence-corrected chi connectivity index (χ3v) is 7.10. The predicted octanol–water partition coefficient (Wildman–Crippen LogP) is 4.30. The van der Waals surface area contributed by atoms with Gasteiger partial charge in [0.15, 0.2) is 0 Å². The van der Waals surface area contributed by atoms with Gasteiger partial charge in [0.1, 0.15) is 6.04 Å². The van der Waals surface area contributed by atoms with E-state index in [0.29, 0.717) is 31.7 Å². The maximum absolute atomic E-state index is 13.1. The zero-order valence-electron chi connectivity index (χ0n) is 17.1. The van der Waals surface area contributed by atoms with E-state index in [0.717, 1.165) is 25.8 Å². The minimum absolute atomic E-state index is 0.0185. The first kappa shape index (κ1) is 21.5. The summed E-state index contributed by atoms with van der Waals surface area (Å²) in [7, 11) is 0. The number of nitrogens with zero attached hydrogens (tertiary/aromatic N) is 3. The minimum atomic E-state index is -0.449. The molecule has 3 aromatic rings. The van der Waals surface area contributed by atoms with E-state index in [1.165, 1.54) is 0 Å². The lowest BCUT2D eigenvalue weighted by atomic mass is 10.1. The first-order chi connectivity index (χ1) is 15.0. The first-order valence-corrected chi connectivity index (χ1v) is 11.8. The average molecular weight is 499 g/mol. The number of amides is 2. The number of halogens is 1. The van der Waals surface area contributed by atoms with E-state index in [9.17, 15) is 9.59 Å². The molecule has 1 aliphatic heterocycles. The van der Waals surface area contributed by atoms with Crippen LogP contribution in [0.5, 0.6) is 0 Å². The predicted molar refractivity (Wildman–Crippen MR) is 128 cm³/mol. The number of pyridine rings is 1. The molecule has 0 aliphatic carbocycles. The summed E-state index contributed by atoms with van der Waals surface area (Å²) in [6.07, 6.45) is 5.63. The van der Waals surface area contributed by atoms with E-state index in [1.807, 2.05) is 41.5 Å². The Morgan fingerprint density at radius 3 is 2.90 bits per heavy atom. The van der Waals surface area contributed by atoms with Crippen LogP contribution in [0.1, 0.15) is 23.8 Å². The van der Waals surface area contributed by atoms with E-state index in [-0.39, 0.29) is 11.8 Å². The number of hydrogen-bond donors (Lipinski definition) is 1. The van der Waals surface area contributed by atoms with Gasteiger partial charge in [-0.3, -0.25) is 14.6 Å². The second-order valence-electron chi connectivity index (χ2n) is 7.47. The number of piperazine rings is 1. The van der Waals surface area contributed by atoms with Crippen LogP contribution in [0, 0.1) is 0 Å². The van der Waals surface area contributed by atoms with Crippen molar-refractivity contribution in [2.75, 3.05) is 18.8 Å². The molecule has 8 heteroatoms. The van der Waals surface area contributed by atoms with E-state index < -0.39 is 6.04 Å². The number of fused-ring (bicyclic) bond motifs is 1. The highest BCUT2D eigenvalue weighted by Gasteiger charge is 2.35. The standard InChI is InChI=1S/C23H23BrN4O2S/c1-2-21-23(30)27(13-15-3-5-18-19(25)7-8-26-20(18)11-15)9-10-28(21)22(29)6-4-17-12-16(24)14-31-17/h3-8,11-12,14,21H,2,9-10,13H2,1H3,(H2,25,26)/t21-/m0/s1. The molecule has 2 N–H and O–H groups in total. The van der Waals surface area contributed by atoms with Crippen LogP contribution in [0.2, 0.25) is 0 Å². The van der Waals surface area contributed by atoms with E-state index in [2.05, 4.69) is 20.9 Å². The number of aromatic nitrogens is 1. The number of rotatable bonds is 5. The second kappa shape index (κ2) is 9.20. The monoisotopic (exact) mass is 498 g/mol. The quantitative estimate of drug-likeness (QED) is 0.531. The number of thiophene rings is 1. The van der Waals surface area contributed by atoms with Crippen LogP contribution < -0.4 is 5.73 Å². The molecule has 1 atom stereocenters. The Labute approximate surface area is 193 Å². The van der Waals surface area contributed by atoms with E-state index >= 15 is 0 Å². The molecular formula is C23H23BrN4O2S. The molecule has 0 spiro atoms. The summed E-state index contributed by atoms with van der Waals surface area (Å²) in [5.41, 5.74) is 8.51. The summed E-state index contributed by atoms with van der Waals surface area (Å²) in [6, 6.07) is 9.19. The molecule has 0 bridgehead atoms. The van der Waals surface area contributed by atoms with Crippen molar-refractivity contribution in [3.63, 3.8) is 0 Å². The molecule has 0 unspecified atom stereocenters. The van der Waals surface area contributed by atoms with Gasteiger partial charge in [-0.25, -0.2) is 0 Å². The fourth-order valence-corrected chi connectivity index (χ4v) is 5.19. The Hall–Kier alpha value is -2.71. The van der Waals surface area contributed by atoms with Crippen molar-refractivity contribution in [1.29, 1.82) is 0 Å². The van der Waals surface area contributed by atoms with Crippen molar-refractivity contribution >= 4 is 61.7 Å². The maximum Gasteiger partial charge on any atom is 0.247 e. The number of benzene rings is 1. The van der Waals surface area contributed by atoms with Crippen LogP contribution in [0.4, 0.5) is 5.69 Å². The van der Waals surface area contributed by atoms with Gasteiger partial charge in [0.05, 0.1) is 5.52 Å². The molecule has 1 aliphatic rings. The fourth-order valence-electron chi connectivity index (χ4n) is 3.85. The molecule has 2 aromatic heterocycles. The molecule has 160 valence electrons. The maximum atomic E-state index is 13.1. The third-order valence-electron chi connectivity index (χ3n) is 5.45. The molecule has 1 fully saturated rings. The van der Waals surface area contributed by atoms with Crippen LogP contribution in [-0.4, -0.2) is 45.7 Å². The van der Waals surface area contributed by atoms with Gasteiger partial charge in [0, 0.05) is 57.7 Å². The summed E-state index contributed by atoms with van der Waals surface area (Å²) in [6.45, 7) is 3.44. The topological polar surface area (TPSA) is 79.5 Å². The summed E-state index contributed by atoms with van der Waals surface area (Å²) in [5, 5.41) is 2.88.